The van der Waals surface area contributed by atoms with Crippen molar-refractivity contribution in [1.29, 1.82) is 0 Å². The first kappa shape index (κ1) is 19.5. The number of rotatable bonds is 7. The number of benzene rings is 2. The lowest BCUT2D eigenvalue weighted by Crippen LogP contribution is -2.14. The molecule has 3 aromatic rings. The normalized spacial score (nSPS) is 10.2. The number of carbonyl (C=O) groups excluding carboxylic acids is 1. The molecule has 6 nitrogen and oxygen atoms in total. The van der Waals surface area contributed by atoms with E-state index in [0.29, 0.717) is 28.0 Å². The number of carbonyl (C=O) groups is 1. The number of hydrogen-bond donors (Lipinski definition) is 2. The van der Waals surface area contributed by atoms with Gasteiger partial charge >= 0.3 is 0 Å². The highest BCUT2D eigenvalue weighted by Crippen LogP contribution is 2.27. The second kappa shape index (κ2) is 9.10. The van der Waals surface area contributed by atoms with E-state index in [9.17, 15) is 4.79 Å². The molecule has 0 aliphatic carbocycles. The highest BCUT2D eigenvalue weighted by Gasteiger charge is 2.09. The molecule has 0 saturated carbocycles. The van der Waals surface area contributed by atoms with Crippen LogP contribution in [-0.4, -0.2) is 25.1 Å². The summed E-state index contributed by atoms with van der Waals surface area (Å²) in [5.74, 6) is 1.74. The molecule has 0 spiro atoms. The third kappa shape index (κ3) is 5.14. The van der Waals surface area contributed by atoms with Crippen LogP contribution in [0.3, 0.4) is 0 Å². The molecule has 0 atom stereocenters. The number of nitrogens with zero attached hydrogens (tertiary/aromatic N) is 1. The van der Waals surface area contributed by atoms with Gasteiger partial charge in [-0.3, -0.25) is 4.79 Å². The maximum absolute atomic E-state index is 12.3. The van der Waals surface area contributed by atoms with Gasteiger partial charge in [0.05, 0.1) is 32.5 Å². The molecule has 1 heterocycles. The molecule has 0 unspecified atom stereocenters. The van der Waals surface area contributed by atoms with Gasteiger partial charge in [0.2, 0.25) is 5.91 Å². The molecule has 0 aliphatic heterocycles. The number of pyridine rings is 1. The Kier molecular flexibility index (Phi) is 6.34. The standard InChI is InChI=1S/C21H20ClN3O3/c1-27-18-9-3-14(11-19(18)28-2)12-21(26)25-17-8-10-20(23-13-17)24-16-6-4-15(22)5-7-16/h3-11,13H,12H2,1-2H3,(H,23,24)(H,25,26). The summed E-state index contributed by atoms with van der Waals surface area (Å²) in [5.41, 5.74) is 2.32. The van der Waals surface area contributed by atoms with Crippen LogP contribution >= 0.6 is 11.6 Å². The minimum absolute atomic E-state index is 0.146. The van der Waals surface area contributed by atoms with E-state index in [1.807, 2.05) is 18.2 Å². The van der Waals surface area contributed by atoms with Crippen molar-refractivity contribution in [3.05, 3.63) is 71.4 Å². The molecule has 0 radical (unpaired) electrons. The Morgan fingerprint density at radius 2 is 1.68 bits per heavy atom. The van der Waals surface area contributed by atoms with Crippen molar-refractivity contribution >= 4 is 34.7 Å². The molecule has 3 rings (SSSR count). The molecule has 0 fully saturated rings. The van der Waals surface area contributed by atoms with Gasteiger partial charge in [-0.05, 0) is 54.1 Å². The Labute approximate surface area is 168 Å². The molecule has 0 aliphatic rings. The lowest BCUT2D eigenvalue weighted by atomic mass is 10.1. The zero-order chi connectivity index (χ0) is 19.9. The van der Waals surface area contributed by atoms with Crippen molar-refractivity contribution in [3.8, 4) is 11.5 Å². The predicted molar refractivity (Wildman–Crippen MR) is 111 cm³/mol. The summed E-state index contributed by atoms with van der Waals surface area (Å²) in [6, 6.07) is 16.3. The fourth-order valence-corrected chi connectivity index (χ4v) is 2.73. The van der Waals surface area contributed by atoms with Gasteiger partial charge in [-0.15, -0.1) is 0 Å². The smallest absolute Gasteiger partial charge is 0.228 e. The molecule has 2 N–H and O–H groups in total. The van der Waals surface area contributed by atoms with Crippen molar-refractivity contribution in [1.82, 2.24) is 4.98 Å². The van der Waals surface area contributed by atoms with Crippen molar-refractivity contribution in [2.24, 2.45) is 0 Å². The van der Waals surface area contributed by atoms with Crippen LogP contribution in [0.4, 0.5) is 17.2 Å². The number of ether oxygens (including phenoxy) is 2. The molecule has 0 bridgehead atoms. The Morgan fingerprint density at radius 3 is 2.32 bits per heavy atom. The van der Waals surface area contributed by atoms with E-state index in [4.69, 9.17) is 21.1 Å². The number of halogens is 1. The summed E-state index contributed by atoms with van der Waals surface area (Å²) in [6.07, 6.45) is 1.82. The highest BCUT2D eigenvalue weighted by atomic mass is 35.5. The predicted octanol–water partition coefficient (Wildman–Crippen LogP) is 4.68. The van der Waals surface area contributed by atoms with E-state index in [1.165, 1.54) is 0 Å². The van der Waals surface area contributed by atoms with Crippen LogP contribution in [0.5, 0.6) is 11.5 Å². The summed E-state index contributed by atoms with van der Waals surface area (Å²) >= 11 is 5.88. The maximum Gasteiger partial charge on any atom is 0.228 e. The van der Waals surface area contributed by atoms with Crippen LogP contribution in [0, 0.1) is 0 Å². The Bertz CT molecular complexity index is 944. The van der Waals surface area contributed by atoms with Crippen LogP contribution in [0.1, 0.15) is 5.56 Å². The molecule has 28 heavy (non-hydrogen) atoms. The van der Waals surface area contributed by atoms with Crippen molar-refractivity contribution < 1.29 is 14.3 Å². The van der Waals surface area contributed by atoms with Crippen LogP contribution < -0.4 is 20.1 Å². The van der Waals surface area contributed by atoms with E-state index in [0.717, 1.165) is 11.3 Å². The Hall–Kier alpha value is -3.25. The van der Waals surface area contributed by atoms with Gasteiger partial charge in [-0.25, -0.2) is 4.98 Å². The zero-order valence-electron chi connectivity index (χ0n) is 15.5. The number of anilines is 3. The summed E-state index contributed by atoms with van der Waals surface area (Å²) in [7, 11) is 3.13. The second-order valence-electron chi connectivity index (χ2n) is 5.98. The van der Waals surface area contributed by atoms with Gasteiger partial charge in [0.25, 0.3) is 0 Å². The minimum Gasteiger partial charge on any atom is -0.493 e. The third-order valence-electron chi connectivity index (χ3n) is 3.98. The first-order valence-electron chi connectivity index (χ1n) is 8.57. The first-order chi connectivity index (χ1) is 13.6. The van der Waals surface area contributed by atoms with Crippen molar-refractivity contribution in [2.75, 3.05) is 24.9 Å². The van der Waals surface area contributed by atoms with E-state index >= 15 is 0 Å². The van der Waals surface area contributed by atoms with Gasteiger partial charge in [0.1, 0.15) is 5.82 Å². The quantitative estimate of drug-likeness (QED) is 0.605. The van der Waals surface area contributed by atoms with Gasteiger partial charge in [0, 0.05) is 10.7 Å². The molecule has 1 aromatic heterocycles. The third-order valence-corrected chi connectivity index (χ3v) is 4.23. The Balaban J connectivity index is 1.59. The van der Waals surface area contributed by atoms with Gasteiger partial charge < -0.3 is 20.1 Å². The van der Waals surface area contributed by atoms with Crippen LogP contribution in [0.2, 0.25) is 5.02 Å². The number of nitrogens with one attached hydrogen (secondary N) is 2. The molecule has 0 saturated heterocycles. The second-order valence-corrected chi connectivity index (χ2v) is 6.41. The molecule has 2 aromatic carbocycles. The maximum atomic E-state index is 12.3. The molecule has 144 valence electrons. The average molecular weight is 398 g/mol. The summed E-state index contributed by atoms with van der Waals surface area (Å²) in [4.78, 5) is 16.6. The SMILES string of the molecule is COc1ccc(CC(=O)Nc2ccc(Nc3ccc(Cl)cc3)nc2)cc1OC. The van der Waals surface area contributed by atoms with E-state index in [-0.39, 0.29) is 12.3 Å². The largest absolute Gasteiger partial charge is 0.493 e. The average Bonchev–Trinajstić information content (AvgIpc) is 2.71. The lowest BCUT2D eigenvalue weighted by Gasteiger charge is -2.10. The monoisotopic (exact) mass is 397 g/mol. The lowest BCUT2D eigenvalue weighted by molar-refractivity contribution is -0.115. The van der Waals surface area contributed by atoms with Gasteiger partial charge in [-0.1, -0.05) is 17.7 Å². The number of hydrogen-bond acceptors (Lipinski definition) is 5. The van der Waals surface area contributed by atoms with Crippen molar-refractivity contribution in [3.63, 3.8) is 0 Å². The van der Waals surface area contributed by atoms with Gasteiger partial charge in [-0.2, -0.15) is 0 Å². The summed E-state index contributed by atoms with van der Waals surface area (Å²) in [5, 5.41) is 6.68. The van der Waals surface area contributed by atoms with Crippen molar-refractivity contribution in [2.45, 2.75) is 6.42 Å². The summed E-state index contributed by atoms with van der Waals surface area (Å²) < 4.78 is 10.5. The first-order valence-corrected chi connectivity index (χ1v) is 8.94. The van der Waals surface area contributed by atoms with Crippen LogP contribution in [0.25, 0.3) is 0 Å². The fraction of sp³-hybridized carbons (Fsp3) is 0.143. The molecule has 7 heteroatoms. The van der Waals surface area contributed by atoms with Gasteiger partial charge in [0.15, 0.2) is 11.5 Å². The van der Waals surface area contributed by atoms with E-state index in [2.05, 4.69) is 15.6 Å². The highest BCUT2D eigenvalue weighted by molar-refractivity contribution is 6.30. The molecule has 1 amide bonds. The fourth-order valence-electron chi connectivity index (χ4n) is 2.60. The number of methoxy groups -OCH3 is 2. The minimum atomic E-state index is -0.146. The van der Waals surface area contributed by atoms with E-state index < -0.39 is 0 Å². The van der Waals surface area contributed by atoms with Crippen LogP contribution in [0.15, 0.2) is 60.8 Å². The van der Waals surface area contributed by atoms with E-state index in [1.54, 1.807) is 56.8 Å². The Morgan fingerprint density at radius 1 is 0.964 bits per heavy atom. The number of aromatic nitrogens is 1. The molecular formula is C21H20ClN3O3. The van der Waals surface area contributed by atoms with Crippen LogP contribution in [-0.2, 0) is 11.2 Å². The topological polar surface area (TPSA) is 72.5 Å². The molecular weight excluding hydrogens is 378 g/mol. The summed E-state index contributed by atoms with van der Waals surface area (Å²) in [6.45, 7) is 0. The number of amides is 1. The zero-order valence-corrected chi connectivity index (χ0v) is 16.3.